The van der Waals surface area contributed by atoms with Crippen molar-refractivity contribution in [3.05, 3.63) is 48.1 Å². The highest BCUT2D eigenvalue weighted by molar-refractivity contribution is 5.87. The standard InChI is InChI=1S/C19H24O6/c1-13(2)18(20)24-10-8-22-16-7-6-15(5)17(12-16)23-9-11-25-19(21)14(3)4/h6-7,12H,1,3,8-11H2,2,4-5H3. The molecule has 0 aliphatic carbocycles. The number of hydrogen-bond acceptors (Lipinski definition) is 6. The molecule has 0 spiro atoms. The molecule has 0 amide bonds. The molecular weight excluding hydrogens is 324 g/mol. The third kappa shape index (κ3) is 7.56. The number of ether oxygens (including phenoxy) is 4. The Morgan fingerprint density at radius 3 is 1.92 bits per heavy atom. The summed E-state index contributed by atoms with van der Waals surface area (Å²) in [4.78, 5) is 22.5. The van der Waals surface area contributed by atoms with Gasteiger partial charge in [-0.15, -0.1) is 0 Å². The molecule has 0 N–H and O–H groups in total. The minimum atomic E-state index is -0.444. The van der Waals surface area contributed by atoms with Gasteiger partial charge in [0.15, 0.2) is 0 Å². The molecule has 136 valence electrons. The van der Waals surface area contributed by atoms with E-state index >= 15 is 0 Å². The van der Waals surface area contributed by atoms with Crippen LogP contribution in [0.4, 0.5) is 0 Å². The first-order chi connectivity index (χ1) is 11.8. The van der Waals surface area contributed by atoms with Crippen molar-refractivity contribution in [3.63, 3.8) is 0 Å². The number of carbonyl (C=O) groups is 2. The smallest absolute Gasteiger partial charge is 0.333 e. The van der Waals surface area contributed by atoms with E-state index in [0.29, 0.717) is 22.6 Å². The fraction of sp³-hybridized carbons (Fsp3) is 0.368. The second-order valence-corrected chi connectivity index (χ2v) is 5.46. The van der Waals surface area contributed by atoms with Gasteiger partial charge in [-0.25, -0.2) is 9.59 Å². The van der Waals surface area contributed by atoms with Crippen molar-refractivity contribution in [3.8, 4) is 11.5 Å². The summed E-state index contributed by atoms with van der Waals surface area (Å²) in [5.74, 6) is 0.330. The van der Waals surface area contributed by atoms with Gasteiger partial charge < -0.3 is 18.9 Å². The van der Waals surface area contributed by atoms with Gasteiger partial charge in [0.05, 0.1) is 0 Å². The van der Waals surface area contributed by atoms with Crippen molar-refractivity contribution in [1.29, 1.82) is 0 Å². The van der Waals surface area contributed by atoms with E-state index in [1.165, 1.54) is 0 Å². The van der Waals surface area contributed by atoms with Crippen LogP contribution >= 0.6 is 0 Å². The molecule has 0 saturated carbocycles. The van der Waals surface area contributed by atoms with E-state index in [-0.39, 0.29) is 26.4 Å². The number of hydrogen-bond donors (Lipinski definition) is 0. The van der Waals surface area contributed by atoms with Crippen molar-refractivity contribution in [2.45, 2.75) is 20.8 Å². The maximum atomic E-state index is 11.3. The highest BCUT2D eigenvalue weighted by Crippen LogP contribution is 2.24. The molecule has 25 heavy (non-hydrogen) atoms. The van der Waals surface area contributed by atoms with Crippen LogP contribution in [0.3, 0.4) is 0 Å². The van der Waals surface area contributed by atoms with E-state index in [2.05, 4.69) is 13.2 Å². The Balaban J connectivity index is 2.42. The van der Waals surface area contributed by atoms with Crippen LogP contribution in [0.1, 0.15) is 19.4 Å². The van der Waals surface area contributed by atoms with E-state index in [4.69, 9.17) is 18.9 Å². The first-order valence-corrected chi connectivity index (χ1v) is 7.82. The van der Waals surface area contributed by atoms with Crippen molar-refractivity contribution >= 4 is 11.9 Å². The summed E-state index contributed by atoms with van der Waals surface area (Å²) in [5, 5.41) is 0. The molecule has 0 aromatic heterocycles. The molecule has 0 aliphatic heterocycles. The Morgan fingerprint density at radius 1 is 0.880 bits per heavy atom. The summed E-state index contributed by atoms with van der Waals surface area (Å²) in [7, 11) is 0. The number of esters is 2. The van der Waals surface area contributed by atoms with Crippen LogP contribution in [-0.4, -0.2) is 38.4 Å². The predicted octanol–water partition coefficient (Wildman–Crippen LogP) is 2.99. The molecule has 6 heteroatoms. The fourth-order valence-corrected chi connectivity index (χ4v) is 1.65. The van der Waals surface area contributed by atoms with Crippen molar-refractivity contribution in [2.75, 3.05) is 26.4 Å². The largest absolute Gasteiger partial charge is 0.490 e. The van der Waals surface area contributed by atoms with Crippen LogP contribution in [-0.2, 0) is 19.1 Å². The van der Waals surface area contributed by atoms with Crippen LogP contribution in [0.15, 0.2) is 42.5 Å². The summed E-state index contributed by atoms with van der Waals surface area (Å²) in [6, 6.07) is 5.38. The second kappa shape index (κ2) is 10.2. The zero-order valence-corrected chi connectivity index (χ0v) is 14.9. The van der Waals surface area contributed by atoms with E-state index in [1.54, 1.807) is 26.0 Å². The second-order valence-electron chi connectivity index (χ2n) is 5.46. The van der Waals surface area contributed by atoms with E-state index in [1.807, 2.05) is 13.0 Å². The van der Waals surface area contributed by atoms with Gasteiger partial charge >= 0.3 is 11.9 Å². The topological polar surface area (TPSA) is 71.1 Å². The lowest BCUT2D eigenvalue weighted by atomic mass is 10.2. The predicted molar refractivity (Wildman–Crippen MR) is 93.7 cm³/mol. The van der Waals surface area contributed by atoms with E-state index in [9.17, 15) is 9.59 Å². The molecule has 1 rings (SSSR count). The van der Waals surface area contributed by atoms with Gasteiger partial charge in [-0.2, -0.15) is 0 Å². The first kappa shape index (κ1) is 20.3. The average Bonchev–Trinajstić information content (AvgIpc) is 2.57. The summed E-state index contributed by atoms with van der Waals surface area (Å²) in [6.45, 7) is 12.8. The summed E-state index contributed by atoms with van der Waals surface area (Å²) >= 11 is 0. The summed E-state index contributed by atoms with van der Waals surface area (Å²) < 4.78 is 21.0. The third-order valence-electron chi connectivity index (χ3n) is 3.02. The molecule has 0 aliphatic rings. The molecule has 0 atom stereocenters. The van der Waals surface area contributed by atoms with Crippen molar-refractivity contribution in [2.24, 2.45) is 0 Å². The van der Waals surface area contributed by atoms with Crippen molar-refractivity contribution in [1.82, 2.24) is 0 Å². The fourth-order valence-electron chi connectivity index (χ4n) is 1.65. The Hall–Kier alpha value is -2.76. The van der Waals surface area contributed by atoms with Gasteiger partial charge in [-0.1, -0.05) is 19.2 Å². The monoisotopic (exact) mass is 348 g/mol. The molecule has 1 aromatic carbocycles. The molecular formula is C19H24O6. The summed E-state index contributed by atoms with van der Waals surface area (Å²) in [6.07, 6.45) is 0. The molecule has 0 bridgehead atoms. The van der Waals surface area contributed by atoms with Gasteiger partial charge in [0, 0.05) is 17.2 Å². The van der Waals surface area contributed by atoms with Gasteiger partial charge in [0.25, 0.3) is 0 Å². The lowest BCUT2D eigenvalue weighted by Gasteiger charge is -2.12. The number of carbonyl (C=O) groups excluding carboxylic acids is 2. The minimum absolute atomic E-state index is 0.132. The molecule has 0 fully saturated rings. The molecule has 0 heterocycles. The highest BCUT2D eigenvalue weighted by Gasteiger charge is 2.06. The van der Waals surface area contributed by atoms with Gasteiger partial charge in [0.2, 0.25) is 0 Å². The zero-order valence-electron chi connectivity index (χ0n) is 14.9. The Morgan fingerprint density at radius 2 is 1.40 bits per heavy atom. The molecule has 0 radical (unpaired) electrons. The Bertz CT molecular complexity index is 647. The maximum absolute atomic E-state index is 11.3. The Kier molecular flexibility index (Phi) is 8.26. The van der Waals surface area contributed by atoms with E-state index < -0.39 is 11.9 Å². The van der Waals surface area contributed by atoms with Crippen LogP contribution in [0, 0.1) is 6.92 Å². The van der Waals surface area contributed by atoms with Crippen LogP contribution in [0.2, 0.25) is 0 Å². The van der Waals surface area contributed by atoms with Crippen LogP contribution in [0.5, 0.6) is 11.5 Å². The SMILES string of the molecule is C=C(C)C(=O)OCCOc1ccc(C)c(OCCOC(=O)C(=C)C)c1. The third-order valence-corrected chi connectivity index (χ3v) is 3.02. The average molecular weight is 348 g/mol. The number of rotatable bonds is 10. The Labute approximate surface area is 148 Å². The van der Waals surface area contributed by atoms with Crippen LogP contribution in [0.25, 0.3) is 0 Å². The first-order valence-electron chi connectivity index (χ1n) is 7.82. The lowest BCUT2D eigenvalue weighted by Crippen LogP contribution is -2.13. The minimum Gasteiger partial charge on any atom is -0.490 e. The molecule has 0 unspecified atom stereocenters. The normalized spacial score (nSPS) is 9.88. The molecule has 1 aromatic rings. The quantitative estimate of drug-likeness (QED) is 0.368. The lowest BCUT2D eigenvalue weighted by molar-refractivity contribution is -0.140. The number of aryl methyl sites for hydroxylation is 1. The van der Waals surface area contributed by atoms with Gasteiger partial charge in [-0.05, 0) is 32.4 Å². The van der Waals surface area contributed by atoms with Crippen molar-refractivity contribution < 1.29 is 28.5 Å². The number of benzene rings is 1. The van der Waals surface area contributed by atoms with Crippen LogP contribution < -0.4 is 9.47 Å². The maximum Gasteiger partial charge on any atom is 0.333 e. The zero-order chi connectivity index (χ0) is 18.8. The molecule has 0 saturated heterocycles. The highest BCUT2D eigenvalue weighted by atomic mass is 16.6. The summed E-state index contributed by atoms with van der Waals surface area (Å²) in [5.41, 5.74) is 1.62. The molecule has 6 nitrogen and oxygen atoms in total. The van der Waals surface area contributed by atoms with Gasteiger partial charge in [0.1, 0.15) is 37.9 Å². The van der Waals surface area contributed by atoms with E-state index in [0.717, 1.165) is 5.56 Å². The van der Waals surface area contributed by atoms with Gasteiger partial charge in [-0.3, -0.25) is 0 Å².